The first-order chi connectivity index (χ1) is 31.8. The Morgan fingerprint density at radius 1 is 0.529 bits per heavy atom. The summed E-state index contributed by atoms with van der Waals surface area (Å²) in [5.74, 6) is -2.02. The molecule has 33 heteroatoms. The molecule has 4 aromatic carbocycles. The Morgan fingerprint density at radius 3 is 1.29 bits per heavy atom. The second-order valence-corrected chi connectivity index (χ2v) is 20.9. The average Bonchev–Trinajstić information content (AvgIpc) is 3.23. The molecule has 5 aromatic rings. The van der Waals surface area contributed by atoms with Gasteiger partial charge >= 0.3 is 0 Å². The lowest BCUT2D eigenvalue weighted by Crippen LogP contribution is -2.13. The number of hydrogen-bond acceptors (Lipinski definition) is 21. The number of benzene rings is 4. The number of azo groups is 2. The topological polar surface area (TPSA) is 380 Å². The Labute approximate surface area is 407 Å². The summed E-state index contributed by atoms with van der Waals surface area (Å²) in [6, 6.07) is 11.9. The Bertz CT molecular complexity index is 3010. The van der Waals surface area contributed by atoms with Gasteiger partial charge in [-0.2, -0.15) is 58.9 Å². The minimum Gasteiger partial charge on any atom is -0.491 e. The molecule has 1 aromatic heterocycles. The van der Waals surface area contributed by atoms with Crippen molar-refractivity contribution in [2.45, 2.75) is 22.6 Å². The van der Waals surface area contributed by atoms with Gasteiger partial charge in [0.25, 0.3) is 40.5 Å². The maximum absolute atomic E-state index is 11.8. The van der Waals surface area contributed by atoms with Crippen LogP contribution in [0.2, 0.25) is 20.1 Å². The number of nitrogens with one attached hydrogen (secondary N) is 3. The van der Waals surface area contributed by atoms with Crippen LogP contribution in [-0.2, 0) is 40.5 Å². The van der Waals surface area contributed by atoms with E-state index in [0.29, 0.717) is 0 Å². The SMILES string of the molecule is O=S(=O)(O)CCCOc1cc(N=Nc2ccc(Cl)c(S(=O)(=O)O)c2)c(Cl)cc1Nc1nc(NCCO)nc(Nc2cc(Cl)c(N=Nc3ccc(Cl)c(S(=O)(=O)O)c3)cc2OCCCS(=O)(=O)O)n1. The molecule has 25 nitrogen and oxygen atoms in total. The number of aromatic nitrogens is 3. The molecular formula is C35H34Cl4N10O15S4. The molecule has 0 atom stereocenters. The molecule has 366 valence electrons. The normalized spacial score (nSPS) is 12.4. The lowest BCUT2D eigenvalue weighted by molar-refractivity contribution is 0.310. The zero-order valence-electron chi connectivity index (χ0n) is 34.0. The summed E-state index contributed by atoms with van der Waals surface area (Å²) >= 11 is 25.0. The van der Waals surface area contributed by atoms with Crippen molar-refractivity contribution in [3.05, 3.63) is 80.8 Å². The minimum atomic E-state index is -4.73. The van der Waals surface area contributed by atoms with E-state index in [4.69, 9.17) is 55.9 Å². The highest BCUT2D eigenvalue weighted by Crippen LogP contribution is 2.41. The van der Waals surface area contributed by atoms with Gasteiger partial charge in [-0.1, -0.05) is 46.4 Å². The standard InChI is InChI=1S/C35H34Cl4N10O15S4/c36-21-5-3-19(13-31(21)67(57,58)59)46-48-25-17-29(63-9-1-11-65(51,52)53)27(15-23(25)38)41-34-43-33(40-7-8-50)44-35(45-34)42-28-16-24(39)26(18-30(28)64-10-2-12-66(54,55)56)49-47-20-4-6-22(37)32(14-20)68(60,61)62/h3-6,13-18,50H,1-2,7-12H2,(H,51,52,53)(H,54,55,56)(H,57,58,59)(H,60,61,62)(H3,40,41,42,43,44,45). The highest BCUT2D eigenvalue weighted by molar-refractivity contribution is 7.86. The van der Waals surface area contributed by atoms with Gasteiger partial charge in [0.1, 0.15) is 32.7 Å². The van der Waals surface area contributed by atoms with E-state index in [9.17, 15) is 57.0 Å². The highest BCUT2D eigenvalue weighted by Gasteiger charge is 2.20. The molecule has 0 fully saturated rings. The number of nitrogens with zero attached hydrogens (tertiary/aromatic N) is 7. The van der Waals surface area contributed by atoms with Crippen LogP contribution in [0.25, 0.3) is 0 Å². The maximum Gasteiger partial charge on any atom is 0.296 e. The van der Waals surface area contributed by atoms with Crippen LogP contribution in [0.1, 0.15) is 12.8 Å². The molecule has 0 saturated heterocycles. The molecule has 8 N–H and O–H groups in total. The zero-order valence-corrected chi connectivity index (χ0v) is 40.3. The number of halogens is 4. The molecule has 0 unspecified atom stereocenters. The molecule has 0 aliphatic carbocycles. The van der Waals surface area contributed by atoms with E-state index in [2.05, 4.69) is 51.4 Å². The third-order valence-corrected chi connectivity index (χ3v) is 13.0. The van der Waals surface area contributed by atoms with Crippen LogP contribution in [0, 0.1) is 0 Å². The molecular weight excluding hydrogens is 1070 g/mol. The predicted molar refractivity (Wildman–Crippen MR) is 249 cm³/mol. The van der Waals surface area contributed by atoms with E-state index < -0.39 is 61.8 Å². The van der Waals surface area contributed by atoms with Gasteiger partial charge in [-0.25, -0.2) is 0 Å². The van der Waals surface area contributed by atoms with Crippen LogP contribution < -0.4 is 25.4 Å². The largest absolute Gasteiger partial charge is 0.491 e. The van der Waals surface area contributed by atoms with E-state index in [-0.39, 0.29) is 123 Å². The summed E-state index contributed by atoms with van der Waals surface area (Å²) in [6.07, 6.45) is -0.371. The molecule has 0 amide bonds. The average molecular weight is 1100 g/mol. The Kier molecular flexibility index (Phi) is 18.2. The minimum absolute atomic E-state index is 0.0382. The van der Waals surface area contributed by atoms with Crippen LogP contribution in [0.3, 0.4) is 0 Å². The van der Waals surface area contributed by atoms with Crippen molar-refractivity contribution in [2.24, 2.45) is 20.5 Å². The van der Waals surface area contributed by atoms with Crippen LogP contribution in [0.5, 0.6) is 11.5 Å². The van der Waals surface area contributed by atoms with Gasteiger partial charge in [-0.15, -0.1) is 10.2 Å². The summed E-state index contributed by atoms with van der Waals surface area (Å²) in [4.78, 5) is 11.7. The summed E-state index contributed by atoms with van der Waals surface area (Å²) in [7, 11) is -18.2. The molecule has 0 aliphatic rings. The van der Waals surface area contributed by atoms with Crippen molar-refractivity contribution in [3.8, 4) is 11.5 Å². The first kappa shape index (κ1) is 53.8. The third-order valence-electron chi connectivity index (χ3n) is 8.16. The van der Waals surface area contributed by atoms with Gasteiger partial charge in [0.2, 0.25) is 17.8 Å². The summed E-state index contributed by atoms with van der Waals surface area (Å²) in [5.41, 5.74) is -0.175. The predicted octanol–water partition coefficient (Wildman–Crippen LogP) is 8.01. The number of anilines is 5. The molecule has 0 aliphatic heterocycles. The van der Waals surface area contributed by atoms with Crippen LogP contribution in [0.4, 0.5) is 52.0 Å². The number of aliphatic hydroxyl groups excluding tert-OH is 1. The van der Waals surface area contributed by atoms with E-state index in [1.807, 2.05) is 0 Å². The monoisotopic (exact) mass is 1100 g/mol. The van der Waals surface area contributed by atoms with Crippen molar-refractivity contribution in [3.63, 3.8) is 0 Å². The molecule has 5 rings (SSSR count). The summed E-state index contributed by atoms with van der Waals surface area (Å²) < 4.78 is 142. The van der Waals surface area contributed by atoms with Gasteiger partial charge in [-0.05, 0) is 61.4 Å². The first-order valence-electron chi connectivity index (χ1n) is 18.6. The van der Waals surface area contributed by atoms with Crippen LogP contribution >= 0.6 is 46.4 Å². The van der Waals surface area contributed by atoms with E-state index in [0.717, 1.165) is 24.3 Å². The number of ether oxygens (including phenoxy) is 2. The summed E-state index contributed by atoms with van der Waals surface area (Å²) in [5, 5.41) is 33.4. The Morgan fingerprint density at radius 2 is 0.926 bits per heavy atom. The molecule has 0 bridgehead atoms. The molecule has 1 heterocycles. The van der Waals surface area contributed by atoms with E-state index in [1.165, 1.54) is 36.4 Å². The Balaban J connectivity index is 1.53. The van der Waals surface area contributed by atoms with Gasteiger partial charge in [0.05, 0.1) is 74.2 Å². The van der Waals surface area contributed by atoms with Crippen molar-refractivity contribution in [1.29, 1.82) is 0 Å². The van der Waals surface area contributed by atoms with Gasteiger partial charge in [0, 0.05) is 18.7 Å². The fourth-order valence-electron chi connectivity index (χ4n) is 5.22. The van der Waals surface area contributed by atoms with Gasteiger partial charge in [0.15, 0.2) is 0 Å². The number of hydrogen-bond donors (Lipinski definition) is 8. The third kappa shape index (κ3) is 16.5. The summed E-state index contributed by atoms with van der Waals surface area (Å²) in [6.45, 7) is -0.992. The van der Waals surface area contributed by atoms with Crippen molar-refractivity contribution in [1.82, 2.24) is 15.0 Å². The lowest BCUT2D eigenvalue weighted by Gasteiger charge is -2.17. The zero-order chi connectivity index (χ0) is 50.0. The first-order valence-corrected chi connectivity index (χ1v) is 26.2. The van der Waals surface area contributed by atoms with Crippen LogP contribution in [-0.4, -0.2) is 110 Å². The van der Waals surface area contributed by atoms with Crippen molar-refractivity contribution < 1.29 is 66.5 Å². The maximum atomic E-state index is 11.8. The molecule has 68 heavy (non-hydrogen) atoms. The van der Waals surface area contributed by atoms with E-state index in [1.54, 1.807) is 0 Å². The number of aliphatic hydroxyl groups is 1. The smallest absolute Gasteiger partial charge is 0.296 e. The van der Waals surface area contributed by atoms with Gasteiger partial charge in [-0.3, -0.25) is 18.2 Å². The second kappa shape index (κ2) is 23.0. The van der Waals surface area contributed by atoms with Crippen molar-refractivity contribution >= 4 is 139 Å². The second-order valence-electron chi connectivity index (χ2n) is 13.4. The molecule has 0 spiro atoms. The number of rotatable bonds is 23. The van der Waals surface area contributed by atoms with Gasteiger partial charge < -0.3 is 30.5 Å². The Hall–Kier alpha value is -5.15. The van der Waals surface area contributed by atoms with Crippen LogP contribution in [0.15, 0.2) is 90.9 Å². The molecule has 0 radical (unpaired) electrons. The highest BCUT2D eigenvalue weighted by atomic mass is 35.5. The lowest BCUT2D eigenvalue weighted by atomic mass is 10.2. The fraction of sp³-hybridized carbons (Fsp3) is 0.229. The van der Waals surface area contributed by atoms with Crippen molar-refractivity contribution in [2.75, 3.05) is 53.8 Å². The van der Waals surface area contributed by atoms with E-state index >= 15 is 0 Å². The molecule has 0 saturated carbocycles. The fourth-order valence-corrected chi connectivity index (χ4v) is 8.58. The quantitative estimate of drug-likeness (QED) is 0.0174.